The zero-order valence-corrected chi connectivity index (χ0v) is 14.9. The summed E-state index contributed by atoms with van der Waals surface area (Å²) < 4.78 is 6.02. The first-order valence-electron chi connectivity index (χ1n) is 6.57. The summed E-state index contributed by atoms with van der Waals surface area (Å²) in [5.41, 5.74) is 5.10. The van der Waals surface area contributed by atoms with Gasteiger partial charge in [0.2, 0.25) is 5.91 Å². The number of hydrazone groups is 1. The van der Waals surface area contributed by atoms with Crippen molar-refractivity contribution >= 4 is 38.9 Å². The number of amides is 1. The van der Waals surface area contributed by atoms with Gasteiger partial charge in [-0.3, -0.25) is 4.79 Å². The Bertz CT molecular complexity index is 713. The number of hydrogen-bond acceptors (Lipinski definition) is 5. The maximum Gasteiger partial charge on any atom is 0.246 e. The maximum atomic E-state index is 11.8. The molecule has 1 amide bonds. The van der Waals surface area contributed by atoms with Crippen LogP contribution in [0.25, 0.3) is 0 Å². The summed E-state index contributed by atoms with van der Waals surface area (Å²) in [6, 6.07) is 5.63. The van der Waals surface area contributed by atoms with Gasteiger partial charge in [0.25, 0.3) is 0 Å². The normalized spacial score (nSPS) is 11.4. The zero-order chi connectivity index (χ0) is 16.1. The first kappa shape index (κ1) is 16.6. The molecule has 0 saturated heterocycles. The Morgan fingerprint density at radius 2 is 2.27 bits per heavy atom. The highest BCUT2D eigenvalue weighted by atomic mass is 79.9. The molecule has 116 valence electrons. The number of nitrogens with zero attached hydrogens (tertiary/aromatic N) is 2. The predicted molar refractivity (Wildman–Crippen MR) is 91.6 cm³/mol. The molecule has 0 fully saturated rings. The fourth-order valence-electron chi connectivity index (χ4n) is 1.76. The van der Waals surface area contributed by atoms with Gasteiger partial charge < -0.3 is 4.74 Å². The van der Waals surface area contributed by atoms with Crippen LogP contribution in [0.5, 0.6) is 5.75 Å². The Morgan fingerprint density at radius 3 is 2.86 bits per heavy atom. The van der Waals surface area contributed by atoms with E-state index in [1.807, 2.05) is 37.4 Å². The highest BCUT2D eigenvalue weighted by molar-refractivity contribution is 9.10. The number of benzene rings is 1. The number of aromatic nitrogens is 1. The third-order valence-electron chi connectivity index (χ3n) is 2.90. The predicted octanol–water partition coefficient (Wildman–Crippen LogP) is 3.31. The Labute approximate surface area is 141 Å². The molecule has 0 aliphatic carbocycles. The average molecular weight is 382 g/mol. The molecule has 0 bridgehead atoms. The van der Waals surface area contributed by atoms with E-state index in [0.717, 1.165) is 26.5 Å². The lowest BCUT2D eigenvalue weighted by molar-refractivity contribution is -0.120. The molecule has 0 aliphatic rings. The number of methoxy groups -OCH3 is 1. The molecule has 1 N–H and O–H groups in total. The number of thiazole rings is 1. The number of carbonyl (C=O) groups excluding carboxylic acids is 1. The van der Waals surface area contributed by atoms with Crippen LogP contribution >= 0.6 is 27.3 Å². The molecule has 5 nitrogen and oxygen atoms in total. The fraction of sp³-hybridized carbons (Fsp3) is 0.267. The molecular formula is C15H16BrN3O2S. The minimum Gasteiger partial charge on any atom is -0.496 e. The first-order valence-corrected chi connectivity index (χ1v) is 8.25. The monoisotopic (exact) mass is 381 g/mol. The third-order valence-corrected chi connectivity index (χ3v) is 4.48. The number of aryl methyl sites for hydroxylation is 1. The van der Waals surface area contributed by atoms with E-state index in [4.69, 9.17) is 4.74 Å². The lowest BCUT2D eigenvalue weighted by atomic mass is 10.1. The highest BCUT2D eigenvalue weighted by Crippen LogP contribution is 2.25. The van der Waals surface area contributed by atoms with Crippen LogP contribution in [0.3, 0.4) is 0 Å². The summed E-state index contributed by atoms with van der Waals surface area (Å²) in [6.45, 7) is 3.74. The van der Waals surface area contributed by atoms with Crippen LogP contribution in [0.1, 0.15) is 23.2 Å². The van der Waals surface area contributed by atoms with Crippen molar-refractivity contribution in [2.45, 2.75) is 20.3 Å². The van der Waals surface area contributed by atoms with Crippen LogP contribution < -0.4 is 10.2 Å². The van der Waals surface area contributed by atoms with E-state index < -0.39 is 0 Å². The van der Waals surface area contributed by atoms with Crippen molar-refractivity contribution in [1.82, 2.24) is 10.4 Å². The van der Waals surface area contributed by atoms with Gasteiger partial charge in [-0.2, -0.15) is 5.10 Å². The van der Waals surface area contributed by atoms with Gasteiger partial charge in [-0.15, -0.1) is 11.3 Å². The number of rotatable bonds is 5. The first-order chi connectivity index (χ1) is 10.5. The molecule has 1 aromatic carbocycles. The zero-order valence-electron chi connectivity index (χ0n) is 12.5. The summed E-state index contributed by atoms with van der Waals surface area (Å²) in [5, 5.41) is 6.84. The van der Waals surface area contributed by atoms with Crippen molar-refractivity contribution in [1.29, 1.82) is 0 Å². The van der Waals surface area contributed by atoms with Crippen molar-refractivity contribution in [3.05, 3.63) is 44.3 Å². The van der Waals surface area contributed by atoms with E-state index in [-0.39, 0.29) is 12.3 Å². The largest absolute Gasteiger partial charge is 0.496 e. The summed E-state index contributed by atoms with van der Waals surface area (Å²) in [5.74, 6) is 0.570. The van der Waals surface area contributed by atoms with Crippen LogP contribution in [-0.4, -0.2) is 23.7 Å². The Balaban J connectivity index is 1.99. The summed E-state index contributed by atoms with van der Waals surface area (Å²) in [7, 11) is 1.61. The molecule has 0 aliphatic heterocycles. The van der Waals surface area contributed by atoms with Crippen molar-refractivity contribution in [3.63, 3.8) is 0 Å². The molecule has 2 aromatic rings. The fourth-order valence-corrected chi connectivity index (χ4v) is 3.07. The molecule has 2 rings (SSSR count). The minimum absolute atomic E-state index is 0.179. The third kappa shape index (κ3) is 4.38. The number of ether oxygens (including phenoxy) is 1. The van der Waals surface area contributed by atoms with E-state index in [2.05, 4.69) is 31.4 Å². The van der Waals surface area contributed by atoms with Gasteiger partial charge in [0.1, 0.15) is 10.8 Å². The second kappa shape index (κ2) is 7.51. The lowest BCUT2D eigenvalue weighted by Gasteiger charge is -2.06. The van der Waals surface area contributed by atoms with E-state index >= 15 is 0 Å². The van der Waals surface area contributed by atoms with Crippen LogP contribution in [0.2, 0.25) is 0 Å². The van der Waals surface area contributed by atoms with Gasteiger partial charge in [-0.1, -0.05) is 0 Å². The van der Waals surface area contributed by atoms with E-state index in [1.165, 1.54) is 11.3 Å². The SMILES string of the molecule is COc1ccc(/C(C)=N\NC(=O)Cc2nc(C)cs2)cc1Br. The molecule has 0 atom stereocenters. The number of carbonyl (C=O) groups is 1. The van der Waals surface area contributed by atoms with Crippen LogP contribution in [0.4, 0.5) is 0 Å². The summed E-state index contributed by atoms with van der Waals surface area (Å²) in [4.78, 5) is 16.1. The molecular weight excluding hydrogens is 366 g/mol. The van der Waals surface area contributed by atoms with Crippen molar-refractivity contribution in [2.75, 3.05) is 7.11 Å². The standard InChI is InChI=1S/C15H16BrN3O2S/c1-9-8-22-15(17-9)7-14(20)19-18-10(2)11-4-5-13(21-3)12(16)6-11/h4-6,8H,7H2,1-3H3,(H,19,20)/b18-10-. The molecule has 0 radical (unpaired) electrons. The van der Waals surface area contributed by atoms with E-state index in [9.17, 15) is 4.79 Å². The average Bonchev–Trinajstić information content (AvgIpc) is 2.89. The molecule has 0 spiro atoms. The second-order valence-electron chi connectivity index (χ2n) is 4.64. The van der Waals surface area contributed by atoms with Crippen molar-refractivity contribution < 1.29 is 9.53 Å². The molecule has 0 saturated carbocycles. The Hall–Kier alpha value is -1.73. The maximum absolute atomic E-state index is 11.8. The second-order valence-corrected chi connectivity index (χ2v) is 6.44. The van der Waals surface area contributed by atoms with E-state index in [0.29, 0.717) is 5.71 Å². The highest BCUT2D eigenvalue weighted by Gasteiger charge is 2.07. The topological polar surface area (TPSA) is 63.6 Å². The minimum atomic E-state index is -0.179. The molecule has 1 heterocycles. The van der Waals surface area contributed by atoms with Gasteiger partial charge in [0, 0.05) is 11.1 Å². The lowest BCUT2D eigenvalue weighted by Crippen LogP contribution is -2.21. The van der Waals surface area contributed by atoms with Crippen LogP contribution in [0, 0.1) is 6.92 Å². The molecule has 1 aromatic heterocycles. The summed E-state index contributed by atoms with van der Waals surface area (Å²) in [6.07, 6.45) is 0.238. The molecule has 0 unspecified atom stereocenters. The molecule has 7 heteroatoms. The number of nitrogens with one attached hydrogen (secondary N) is 1. The Kier molecular flexibility index (Phi) is 5.68. The number of hydrogen-bond donors (Lipinski definition) is 1. The van der Waals surface area contributed by atoms with Gasteiger partial charge >= 0.3 is 0 Å². The smallest absolute Gasteiger partial charge is 0.246 e. The Morgan fingerprint density at radius 1 is 1.50 bits per heavy atom. The van der Waals surface area contributed by atoms with Crippen molar-refractivity contribution in [2.24, 2.45) is 5.10 Å². The van der Waals surface area contributed by atoms with Gasteiger partial charge in [-0.25, -0.2) is 10.4 Å². The van der Waals surface area contributed by atoms with E-state index in [1.54, 1.807) is 7.11 Å². The van der Waals surface area contributed by atoms with Gasteiger partial charge in [0.05, 0.1) is 23.7 Å². The van der Waals surface area contributed by atoms with Gasteiger partial charge in [-0.05, 0) is 53.5 Å². The molecule has 22 heavy (non-hydrogen) atoms. The van der Waals surface area contributed by atoms with Crippen molar-refractivity contribution in [3.8, 4) is 5.75 Å². The van der Waals surface area contributed by atoms with Gasteiger partial charge in [0.15, 0.2) is 0 Å². The van der Waals surface area contributed by atoms with Crippen LogP contribution in [-0.2, 0) is 11.2 Å². The number of halogens is 1. The quantitative estimate of drug-likeness (QED) is 0.638. The summed E-state index contributed by atoms with van der Waals surface area (Å²) >= 11 is 4.90. The van der Waals surface area contributed by atoms with Crippen LogP contribution in [0.15, 0.2) is 33.2 Å².